The first-order chi connectivity index (χ1) is 18.5. The highest BCUT2D eigenvalue weighted by Gasteiger charge is 2.49. The molecule has 0 unspecified atom stereocenters. The lowest BCUT2D eigenvalue weighted by Gasteiger charge is -2.43. The van der Waals surface area contributed by atoms with E-state index >= 15 is 0 Å². The van der Waals surface area contributed by atoms with Crippen LogP contribution in [0.15, 0.2) is 18.2 Å². The van der Waals surface area contributed by atoms with E-state index in [0.717, 1.165) is 55.7 Å². The lowest BCUT2D eigenvalue weighted by atomic mass is 10.0. The molecule has 2 fully saturated rings. The third-order valence-electron chi connectivity index (χ3n) is 7.85. The molecule has 2 aliphatic rings. The molecule has 2 aliphatic heterocycles. The number of carbonyl (C=O) groups is 1. The second kappa shape index (κ2) is 12.3. The molecule has 8 nitrogen and oxygen atoms in total. The molecule has 1 amide bonds. The third kappa shape index (κ3) is 6.95. The van der Waals surface area contributed by atoms with Crippen LogP contribution in [0.4, 0.5) is 18.9 Å². The van der Waals surface area contributed by atoms with Crippen LogP contribution in [0.1, 0.15) is 70.9 Å². The number of hydrogen-bond donors (Lipinski definition) is 0. The Morgan fingerprint density at radius 3 is 2.12 bits per heavy atom. The van der Waals surface area contributed by atoms with Gasteiger partial charge < -0.3 is 4.90 Å². The summed E-state index contributed by atoms with van der Waals surface area (Å²) in [7, 11) is -3.19. The minimum atomic E-state index is -4.73. The molecule has 2 atom stereocenters. The van der Waals surface area contributed by atoms with Crippen molar-refractivity contribution in [3.8, 4) is 6.07 Å². The van der Waals surface area contributed by atoms with Crippen LogP contribution in [-0.4, -0.2) is 83.6 Å². The van der Waals surface area contributed by atoms with Gasteiger partial charge in [-0.25, -0.2) is 8.42 Å². The molecule has 0 bridgehead atoms. The number of piperazine rings is 1. The van der Waals surface area contributed by atoms with Crippen molar-refractivity contribution in [2.24, 2.45) is 0 Å². The van der Waals surface area contributed by atoms with Crippen LogP contribution in [0.3, 0.4) is 0 Å². The first-order valence-electron chi connectivity index (χ1n) is 13.5. The standard InChI is InChI=1S/C27H38F3N5O3S2/c1-19-17-32(40(5,37)38)18-20(2)33(19)13-9-7-6-8-10-14-34-25(39)35(24(36)26(34,3)4)22-12-11-21(16-31)23(15-22)27(28,29)30/h11-12,15,19-20H,6-10,13-14,17-18H2,1-5H3/t19-,20+. The second-order valence-corrected chi connectivity index (χ2v) is 13.6. The maximum atomic E-state index is 13.5. The van der Waals surface area contributed by atoms with Crippen LogP contribution in [-0.2, 0) is 21.0 Å². The molecule has 1 aromatic carbocycles. The van der Waals surface area contributed by atoms with Crippen molar-refractivity contribution in [3.63, 3.8) is 0 Å². The normalized spacial score (nSPS) is 22.7. The zero-order chi connectivity index (χ0) is 30.0. The summed E-state index contributed by atoms with van der Waals surface area (Å²) in [5, 5.41) is 9.24. The number of hydrogen-bond acceptors (Lipinski definition) is 6. The summed E-state index contributed by atoms with van der Waals surface area (Å²) in [6, 6.07) is 5.06. The smallest absolute Gasteiger partial charge is 0.334 e. The molecule has 40 heavy (non-hydrogen) atoms. The number of unbranched alkanes of at least 4 members (excludes halogenated alkanes) is 4. The van der Waals surface area contributed by atoms with E-state index < -0.39 is 38.8 Å². The summed E-state index contributed by atoms with van der Waals surface area (Å²) in [4.78, 5) is 18.5. The second-order valence-electron chi connectivity index (χ2n) is 11.3. The Labute approximate surface area is 240 Å². The van der Waals surface area contributed by atoms with Crippen molar-refractivity contribution in [1.82, 2.24) is 14.1 Å². The van der Waals surface area contributed by atoms with E-state index in [2.05, 4.69) is 18.7 Å². The fourth-order valence-electron chi connectivity index (χ4n) is 5.56. The number of nitrogens with zero attached hydrogens (tertiary/aromatic N) is 5. The van der Waals surface area contributed by atoms with Crippen molar-refractivity contribution in [3.05, 3.63) is 29.3 Å². The molecule has 0 radical (unpaired) electrons. The molecule has 13 heteroatoms. The first-order valence-corrected chi connectivity index (χ1v) is 15.7. The van der Waals surface area contributed by atoms with Crippen LogP contribution in [0.25, 0.3) is 0 Å². The average Bonchev–Trinajstić information content (AvgIpc) is 3.01. The van der Waals surface area contributed by atoms with E-state index in [1.165, 1.54) is 12.3 Å². The number of nitriles is 1. The lowest BCUT2D eigenvalue weighted by molar-refractivity contribution is -0.137. The third-order valence-corrected chi connectivity index (χ3v) is 9.48. The van der Waals surface area contributed by atoms with Crippen molar-refractivity contribution < 1.29 is 26.4 Å². The van der Waals surface area contributed by atoms with E-state index in [1.807, 2.05) is 0 Å². The fraction of sp³-hybridized carbons (Fsp3) is 0.667. The van der Waals surface area contributed by atoms with Gasteiger partial charge in [0.05, 0.1) is 29.1 Å². The van der Waals surface area contributed by atoms with Crippen LogP contribution in [0.5, 0.6) is 0 Å². The molecule has 2 saturated heterocycles. The highest BCUT2D eigenvalue weighted by Crippen LogP contribution is 2.38. The molecule has 0 saturated carbocycles. The maximum Gasteiger partial charge on any atom is 0.417 e. The number of benzene rings is 1. The Balaban J connectivity index is 1.51. The molecule has 0 N–H and O–H groups in total. The van der Waals surface area contributed by atoms with E-state index in [0.29, 0.717) is 19.6 Å². The number of carbonyl (C=O) groups excluding carboxylic acids is 1. The molecule has 1 aromatic rings. The quantitative estimate of drug-likeness (QED) is 0.286. The molecule has 2 heterocycles. The van der Waals surface area contributed by atoms with Crippen LogP contribution in [0.2, 0.25) is 0 Å². The summed E-state index contributed by atoms with van der Waals surface area (Å²) in [5.74, 6) is -0.408. The first kappa shape index (κ1) is 32.2. The van der Waals surface area contributed by atoms with Crippen LogP contribution >= 0.6 is 12.2 Å². The number of halogens is 3. The van der Waals surface area contributed by atoms with Gasteiger partial charge in [-0.05, 0) is 77.5 Å². The molecule has 3 rings (SSSR count). The molecule has 0 aromatic heterocycles. The molecule has 222 valence electrons. The summed E-state index contributed by atoms with van der Waals surface area (Å²) in [6.45, 7) is 9.94. The van der Waals surface area contributed by atoms with Crippen molar-refractivity contribution in [2.45, 2.75) is 83.6 Å². The van der Waals surface area contributed by atoms with Gasteiger partial charge in [0.25, 0.3) is 5.91 Å². The van der Waals surface area contributed by atoms with E-state index in [4.69, 9.17) is 17.5 Å². The minimum absolute atomic E-state index is 0.00211. The number of amides is 1. The van der Waals surface area contributed by atoms with Crippen LogP contribution in [0, 0.1) is 11.3 Å². The van der Waals surface area contributed by atoms with Crippen molar-refractivity contribution >= 4 is 38.9 Å². The average molecular weight is 602 g/mol. The Kier molecular flexibility index (Phi) is 9.92. The van der Waals surface area contributed by atoms with Crippen molar-refractivity contribution in [1.29, 1.82) is 5.26 Å². The largest absolute Gasteiger partial charge is 0.417 e. The van der Waals surface area contributed by atoms with Gasteiger partial charge in [0.2, 0.25) is 10.0 Å². The van der Waals surface area contributed by atoms with E-state index in [9.17, 15) is 26.4 Å². The minimum Gasteiger partial charge on any atom is -0.334 e. The fourth-order valence-corrected chi connectivity index (χ4v) is 7.04. The number of anilines is 1. The Morgan fingerprint density at radius 1 is 1.05 bits per heavy atom. The lowest BCUT2D eigenvalue weighted by Crippen LogP contribution is -2.57. The zero-order valence-electron chi connectivity index (χ0n) is 23.7. The predicted molar refractivity (Wildman–Crippen MR) is 152 cm³/mol. The van der Waals surface area contributed by atoms with Gasteiger partial charge in [-0.2, -0.15) is 22.7 Å². The Hall–Kier alpha value is -2.27. The van der Waals surface area contributed by atoms with Gasteiger partial charge in [0.15, 0.2) is 5.11 Å². The van der Waals surface area contributed by atoms with E-state index in [1.54, 1.807) is 29.1 Å². The van der Waals surface area contributed by atoms with Crippen LogP contribution < -0.4 is 4.90 Å². The number of sulfonamides is 1. The van der Waals surface area contributed by atoms with Gasteiger partial charge in [-0.1, -0.05) is 19.3 Å². The van der Waals surface area contributed by atoms with Crippen molar-refractivity contribution in [2.75, 3.05) is 37.3 Å². The SMILES string of the molecule is C[C@@H]1CN(S(C)(=O)=O)C[C@H](C)N1CCCCCCCN1C(=S)N(c2ccc(C#N)c(C(F)(F)F)c2)C(=O)C1(C)C. The van der Waals surface area contributed by atoms with Gasteiger partial charge in [-0.15, -0.1) is 0 Å². The molecule has 0 aliphatic carbocycles. The number of thiocarbonyl (C=S) groups is 1. The van der Waals surface area contributed by atoms with Gasteiger partial charge in [0.1, 0.15) is 5.54 Å². The maximum absolute atomic E-state index is 13.5. The summed E-state index contributed by atoms with van der Waals surface area (Å²) >= 11 is 5.55. The summed E-state index contributed by atoms with van der Waals surface area (Å²) in [6.07, 6.45) is 1.18. The Morgan fingerprint density at radius 2 is 1.60 bits per heavy atom. The predicted octanol–water partition coefficient (Wildman–Crippen LogP) is 4.59. The highest BCUT2D eigenvalue weighted by atomic mass is 32.2. The van der Waals surface area contributed by atoms with Gasteiger partial charge >= 0.3 is 6.18 Å². The zero-order valence-corrected chi connectivity index (χ0v) is 25.3. The summed E-state index contributed by atoms with van der Waals surface area (Å²) in [5.41, 5.74) is -2.62. The number of alkyl halides is 3. The molecular weight excluding hydrogens is 563 g/mol. The number of rotatable bonds is 10. The van der Waals surface area contributed by atoms with Gasteiger partial charge in [0, 0.05) is 31.7 Å². The van der Waals surface area contributed by atoms with E-state index in [-0.39, 0.29) is 22.9 Å². The molecule has 0 spiro atoms. The Bertz CT molecular complexity index is 1250. The monoisotopic (exact) mass is 601 g/mol. The highest BCUT2D eigenvalue weighted by molar-refractivity contribution is 7.88. The summed E-state index contributed by atoms with van der Waals surface area (Å²) < 4.78 is 65.8. The topological polar surface area (TPSA) is 88.0 Å². The molecular formula is C27H38F3N5O3S2. The van der Waals surface area contributed by atoms with Gasteiger partial charge in [-0.3, -0.25) is 14.6 Å².